The fraction of sp³-hybridized carbons (Fsp3) is 0.500. The van der Waals surface area contributed by atoms with Crippen molar-refractivity contribution in [3.05, 3.63) is 12.2 Å². The Bertz CT molecular complexity index is 180. The predicted octanol–water partition coefficient (Wildman–Crippen LogP) is 1.25. The number of carbonyl (C=O) groups excluding carboxylic acids is 2. The molecule has 2 nitrogen and oxygen atoms in total. The number of allylic oxidation sites excluding steroid dienone is 2. The minimum Gasteiger partial charge on any atom is -0.291 e. The first-order valence-electron chi connectivity index (χ1n) is 3.54. The van der Waals surface area contributed by atoms with Crippen LogP contribution in [0.25, 0.3) is 0 Å². The highest BCUT2D eigenvalue weighted by atomic mass is 16.2. The third-order valence-electron chi connectivity index (χ3n) is 1.57. The summed E-state index contributed by atoms with van der Waals surface area (Å²) < 4.78 is 0. The highest BCUT2D eigenvalue weighted by Gasteiger charge is 2.10. The van der Waals surface area contributed by atoms with Crippen LogP contribution in [-0.2, 0) is 9.59 Å². The van der Waals surface area contributed by atoms with Crippen molar-refractivity contribution < 1.29 is 9.59 Å². The van der Waals surface area contributed by atoms with Crippen molar-refractivity contribution >= 4 is 11.6 Å². The SMILES string of the molecule is O=C1C=CCCCCC1=O. The first-order chi connectivity index (χ1) is 4.80. The lowest BCUT2D eigenvalue weighted by molar-refractivity contribution is -0.134. The van der Waals surface area contributed by atoms with Gasteiger partial charge in [-0.2, -0.15) is 0 Å². The molecule has 0 amide bonds. The Hall–Kier alpha value is -0.920. The van der Waals surface area contributed by atoms with Crippen molar-refractivity contribution in [1.82, 2.24) is 0 Å². The summed E-state index contributed by atoms with van der Waals surface area (Å²) in [5.41, 5.74) is 0. The number of hydrogen-bond donors (Lipinski definition) is 0. The normalized spacial score (nSPS) is 20.4. The third-order valence-corrected chi connectivity index (χ3v) is 1.57. The summed E-state index contributed by atoms with van der Waals surface area (Å²) in [6, 6.07) is 0. The molecule has 1 aliphatic carbocycles. The van der Waals surface area contributed by atoms with E-state index in [1.54, 1.807) is 6.08 Å². The molecule has 0 saturated heterocycles. The molecule has 1 aliphatic rings. The lowest BCUT2D eigenvalue weighted by atomic mass is 10.0. The van der Waals surface area contributed by atoms with Crippen LogP contribution in [0.3, 0.4) is 0 Å². The highest BCUT2D eigenvalue weighted by Crippen LogP contribution is 2.05. The van der Waals surface area contributed by atoms with E-state index in [2.05, 4.69) is 0 Å². The molecule has 0 unspecified atom stereocenters. The second-order valence-corrected chi connectivity index (χ2v) is 2.44. The zero-order valence-electron chi connectivity index (χ0n) is 5.80. The average Bonchev–Trinajstić information content (AvgIpc) is 1.92. The molecule has 0 aliphatic heterocycles. The van der Waals surface area contributed by atoms with Gasteiger partial charge in [-0.25, -0.2) is 0 Å². The van der Waals surface area contributed by atoms with E-state index < -0.39 is 0 Å². The van der Waals surface area contributed by atoms with Crippen molar-refractivity contribution in [2.24, 2.45) is 0 Å². The van der Waals surface area contributed by atoms with Gasteiger partial charge in [-0.15, -0.1) is 0 Å². The van der Waals surface area contributed by atoms with E-state index >= 15 is 0 Å². The summed E-state index contributed by atoms with van der Waals surface area (Å²) in [6.45, 7) is 0. The minimum absolute atomic E-state index is 0.240. The van der Waals surface area contributed by atoms with Gasteiger partial charge in [-0.3, -0.25) is 9.59 Å². The van der Waals surface area contributed by atoms with E-state index in [-0.39, 0.29) is 11.6 Å². The van der Waals surface area contributed by atoms with Crippen molar-refractivity contribution in [2.45, 2.75) is 25.7 Å². The number of ketones is 2. The monoisotopic (exact) mass is 138 g/mol. The van der Waals surface area contributed by atoms with E-state index in [0.717, 1.165) is 19.3 Å². The molecule has 0 atom stereocenters. The summed E-state index contributed by atoms with van der Waals surface area (Å²) in [5.74, 6) is -0.573. The Balaban J connectivity index is 2.62. The Labute approximate surface area is 59.9 Å². The lowest BCUT2D eigenvalue weighted by Crippen LogP contribution is -2.11. The van der Waals surface area contributed by atoms with Crippen LogP contribution in [-0.4, -0.2) is 11.6 Å². The van der Waals surface area contributed by atoms with Crippen LogP contribution in [0.2, 0.25) is 0 Å². The van der Waals surface area contributed by atoms with E-state index in [1.165, 1.54) is 6.08 Å². The number of rotatable bonds is 0. The molecule has 0 spiro atoms. The van der Waals surface area contributed by atoms with Crippen molar-refractivity contribution in [2.75, 3.05) is 0 Å². The molecule has 0 fully saturated rings. The number of hydrogen-bond acceptors (Lipinski definition) is 2. The quantitative estimate of drug-likeness (QED) is 0.472. The number of carbonyl (C=O) groups is 2. The second-order valence-electron chi connectivity index (χ2n) is 2.44. The third kappa shape index (κ3) is 1.79. The first kappa shape index (κ1) is 7.19. The molecule has 0 aromatic rings. The van der Waals surface area contributed by atoms with Gasteiger partial charge < -0.3 is 0 Å². The Morgan fingerprint density at radius 1 is 1.20 bits per heavy atom. The second kappa shape index (κ2) is 3.30. The summed E-state index contributed by atoms with van der Waals surface area (Å²) in [4.78, 5) is 21.5. The molecule has 0 bridgehead atoms. The first-order valence-corrected chi connectivity index (χ1v) is 3.54. The average molecular weight is 138 g/mol. The molecule has 0 N–H and O–H groups in total. The fourth-order valence-electron chi connectivity index (χ4n) is 0.954. The lowest BCUT2D eigenvalue weighted by Gasteiger charge is -1.99. The maximum absolute atomic E-state index is 10.8. The molecule has 0 aromatic carbocycles. The highest BCUT2D eigenvalue weighted by molar-refractivity contribution is 6.41. The molecule has 54 valence electrons. The van der Waals surface area contributed by atoms with Crippen LogP contribution in [0.15, 0.2) is 12.2 Å². The molecule has 0 aromatic heterocycles. The van der Waals surface area contributed by atoms with Crippen LogP contribution in [0.5, 0.6) is 0 Å². The van der Waals surface area contributed by atoms with Gasteiger partial charge in [0.05, 0.1) is 0 Å². The van der Waals surface area contributed by atoms with E-state index in [0.29, 0.717) is 6.42 Å². The molecular weight excluding hydrogens is 128 g/mol. The molecule has 2 heteroatoms. The smallest absolute Gasteiger partial charge is 0.221 e. The standard InChI is InChI=1S/C8H10O2/c9-7-5-3-1-2-4-6-8(7)10/h3,5H,1-2,4,6H2. The van der Waals surface area contributed by atoms with Gasteiger partial charge in [0.1, 0.15) is 0 Å². The predicted molar refractivity (Wildman–Crippen MR) is 37.6 cm³/mol. The maximum Gasteiger partial charge on any atom is 0.221 e. The van der Waals surface area contributed by atoms with E-state index in [9.17, 15) is 9.59 Å². The molecule has 0 radical (unpaired) electrons. The molecule has 0 heterocycles. The molecule has 0 saturated carbocycles. The molecular formula is C8H10O2. The Kier molecular flexibility index (Phi) is 2.37. The van der Waals surface area contributed by atoms with Crippen molar-refractivity contribution in [1.29, 1.82) is 0 Å². The van der Waals surface area contributed by atoms with Crippen LogP contribution in [0, 0.1) is 0 Å². The van der Waals surface area contributed by atoms with Gasteiger partial charge in [0.2, 0.25) is 11.6 Å². The maximum atomic E-state index is 10.8. The summed E-state index contributed by atoms with van der Waals surface area (Å²) in [6.07, 6.45) is 6.41. The summed E-state index contributed by atoms with van der Waals surface area (Å²) in [5, 5.41) is 0. The van der Waals surface area contributed by atoms with Gasteiger partial charge in [-0.05, 0) is 25.3 Å². The topological polar surface area (TPSA) is 34.1 Å². The van der Waals surface area contributed by atoms with Crippen LogP contribution < -0.4 is 0 Å². The van der Waals surface area contributed by atoms with Crippen molar-refractivity contribution in [3.63, 3.8) is 0 Å². The number of Topliss-reactive ketones (excluding diaryl/α,β-unsaturated/α-hetero) is 1. The summed E-state index contributed by atoms with van der Waals surface area (Å²) in [7, 11) is 0. The molecule has 1 rings (SSSR count). The zero-order chi connectivity index (χ0) is 7.40. The fourth-order valence-corrected chi connectivity index (χ4v) is 0.954. The zero-order valence-corrected chi connectivity index (χ0v) is 5.80. The van der Waals surface area contributed by atoms with Crippen LogP contribution >= 0.6 is 0 Å². The van der Waals surface area contributed by atoms with Gasteiger partial charge in [0.25, 0.3) is 0 Å². The Morgan fingerprint density at radius 3 is 2.80 bits per heavy atom. The van der Waals surface area contributed by atoms with Crippen molar-refractivity contribution in [3.8, 4) is 0 Å². The Morgan fingerprint density at radius 2 is 2.00 bits per heavy atom. The minimum atomic E-state index is -0.334. The van der Waals surface area contributed by atoms with Crippen LogP contribution in [0.4, 0.5) is 0 Å². The van der Waals surface area contributed by atoms with Gasteiger partial charge >= 0.3 is 0 Å². The van der Waals surface area contributed by atoms with E-state index in [4.69, 9.17) is 0 Å². The van der Waals surface area contributed by atoms with Crippen LogP contribution in [0.1, 0.15) is 25.7 Å². The van der Waals surface area contributed by atoms with Gasteiger partial charge in [-0.1, -0.05) is 6.08 Å². The summed E-state index contributed by atoms with van der Waals surface area (Å²) >= 11 is 0. The van der Waals surface area contributed by atoms with Gasteiger partial charge in [0.15, 0.2) is 0 Å². The van der Waals surface area contributed by atoms with E-state index in [1.807, 2.05) is 0 Å². The largest absolute Gasteiger partial charge is 0.291 e. The van der Waals surface area contributed by atoms with Gasteiger partial charge in [0, 0.05) is 6.42 Å². The molecule has 10 heavy (non-hydrogen) atoms.